The first-order valence-corrected chi connectivity index (χ1v) is 9.76. The van der Waals surface area contributed by atoms with Crippen molar-refractivity contribution in [2.75, 3.05) is 6.54 Å². The van der Waals surface area contributed by atoms with Crippen LogP contribution < -0.4 is 5.32 Å². The van der Waals surface area contributed by atoms with Gasteiger partial charge in [0.25, 0.3) is 5.91 Å². The number of fused-ring (bicyclic) bond motifs is 2. The van der Waals surface area contributed by atoms with Crippen molar-refractivity contribution in [3.63, 3.8) is 0 Å². The molecule has 5 heteroatoms. The van der Waals surface area contributed by atoms with Crippen LogP contribution in [0.4, 0.5) is 0 Å². The fourth-order valence-electron chi connectivity index (χ4n) is 4.20. The summed E-state index contributed by atoms with van der Waals surface area (Å²) in [5.41, 5.74) is 4.18. The van der Waals surface area contributed by atoms with Gasteiger partial charge in [0.15, 0.2) is 11.5 Å². The second kappa shape index (κ2) is 6.75. The molecule has 2 aliphatic rings. The molecule has 28 heavy (non-hydrogen) atoms. The van der Waals surface area contributed by atoms with Gasteiger partial charge in [0.05, 0.1) is 10.9 Å². The number of carbonyl (C=O) groups is 2. The number of ketones is 1. The molecule has 0 bridgehead atoms. The minimum atomic E-state index is -0.186. The highest BCUT2D eigenvalue weighted by molar-refractivity contribution is 6.26. The van der Waals surface area contributed by atoms with Gasteiger partial charge in [-0.3, -0.25) is 9.59 Å². The van der Waals surface area contributed by atoms with Crippen molar-refractivity contribution in [1.82, 2.24) is 10.5 Å². The Balaban J connectivity index is 1.45. The lowest BCUT2D eigenvalue weighted by Gasteiger charge is -2.15. The van der Waals surface area contributed by atoms with E-state index in [0.717, 1.165) is 24.8 Å². The lowest BCUT2D eigenvalue weighted by Crippen LogP contribution is -2.25. The van der Waals surface area contributed by atoms with E-state index in [1.807, 2.05) is 18.2 Å². The molecule has 0 saturated carbocycles. The molecular weight excluding hydrogens is 352 g/mol. The van der Waals surface area contributed by atoms with Crippen molar-refractivity contribution in [1.29, 1.82) is 0 Å². The SMILES string of the molecule is O=C(NCCC1=CCCCC1)c1ccc2c3c(onc13)-c1ccccc1C2=O. The van der Waals surface area contributed by atoms with E-state index in [2.05, 4.69) is 16.5 Å². The Hall–Kier alpha value is -3.21. The van der Waals surface area contributed by atoms with Gasteiger partial charge in [-0.25, -0.2) is 0 Å². The molecule has 0 spiro atoms. The zero-order valence-electron chi connectivity index (χ0n) is 15.5. The first-order chi connectivity index (χ1) is 13.7. The molecule has 1 N–H and O–H groups in total. The van der Waals surface area contributed by atoms with Crippen molar-refractivity contribution >= 4 is 22.6 Å². The standard InChI is InChI=1S/C23H20N2O3/c26-21-15-8-4-5-9-16(15)22-19-17(21)10-11-18(20(19)25-28-22)23(27)24-13-12-14-6-2-1-3-7-14/h4-6,8-11H,1-3,7,12-13H2,(H,24,27). The van der Waals surface area contributed by atoms with Crippen LogP contribution in [0.25, 0.3) is 22.2 Å². The highest BCUT2D eigenvalue weighted by Crippen LogP contribution is 2.40. The predicted molar refractivity (Wildman–Crippen MR) is 106 cm³/mol. The summed E-state index contributed by atoms with van der Waals surface area (Å²) in [6.07, 6.45) is 7.94. The zero-order chi connectivity index (χ0) is 19.1. The Morgan fingerprint density at radius 2 is 1.93 bits per heavy atom. The summed E-state index contributed by atoms with van der Waals surface area (Å²) < 4.78 is 5.57. The van der Waals surface area contributed by atoms with E-state index in [1.54, 1.807) is 18.2 Å². The molecule has 3 aromatic rings. The van der Waals surface area contributed by atoms with Crippen LogP contribution in [0.15, 0.2) is 52.6 Å². The Kier molecular flexibility index (Phi) is 4.08. The van der Waals surface area contributed by atoms with E-state index in [-0.39, 0.29) is 11.7 Å². The number of nitrogens with zero attached hydrogens (tertiary/aromatic N) is 1. The molecule has 0 unspecified atom stereocenters. The number of allylic oxidation sites excluding steroid dienone is 1. The minimum Gasteiger partial charge on any atom is -0.355 e. The van der Waals surface area contributed by atoms with Crippen molar-refractivity contribution in [3.8, 4) is 11.3 Å². The maximum atomic E-state index is 12.8. The van der Waals surface area contributed by atoms with Crippen LogP contribution in [0.5, 0.6) is 0 Å². The highest BCUT2D eigenvalue weighted by atomic mass is 16.5. The lowest BCUT2D eigenvalue weighted by atomic mass is 9.87. The molecule has 140 valence electrons. The number of carbonyl (C=O) groups excluding carboxylic acids is 2. The molecule has 2 aliphatic carbocycles. The van der Waals surface area contributed by atoms with Crippen LogP contribution in [-0.4, -0.2) is 23.4 Å². The Bertz CT molecular complexity index is 1140. The summed E-state index contributed by atoms with van der Waals surface area (Å²) in [7, 11) is 0. The maximum Gasteiger partial charge on any atom is 0.253 e. The molecule has 0 radical (unpaired) electrons. The third-order valence-electron chi connectivity index (χ3n) is 5.66. The third-order valence-corrected chi connectivity index (χ3v) is 5.66. The maximum absolute atomic E-state index is 12.8. The number of amides is 1. The largest absolute Gasteiger partial charge is 0.355 e. The Labute approximate surface area is 162 Å². The number of hydrogen-bond donors (Lipinski definition) is 1. The number of hydrogen-bond acceptors (Lipinski definition) is 4. The van der Waals surface area contributed by atoms with Crippen molar-refractivity contribution in [2.24, 2.45) is 0 Å². The van der Waals surface area contributed by atoms with Crippen LogP contribution in [-0.2, 0) is 0 Å². The van der Waals surface area contributed by atoms with E-state index in [1.165, 1.54) is 18.4 Å². The van der Waals surface area contributed by atoms with Crippen molar-refractivity contribution < 1.29 is 14.1 Å². The van der Waals surface area contributed by atoms with Gasteiger partial charge >= 0.3 is 0 Å². The van der Waals surface area contributed by atoms with Gasteiger partial charge in [0.1, 0.15) is 5.52 Å². The highest BCUT2D eigenvalue weighted by Gasteiger charge is 2.30. The Morgan fingerprint density at radius 3 is 2.75 bits per heavy atom. The third kappa shape index (κ3) is 2.66. The number of nitrogens with one attached hydrogen (secondary N) is 1. The Morgan fingerprint density at radius 1 is 1.07 bits per heavy atom. The van der Waals surface area contributed by atoms with Gasteiger partial charge in [-0.15, -0.1) is 0 Å². The minimum absolute atomic E-state index is 0.0625. The van der Waals surface area contributed by atoms with Crippen LogP contribution in [0.2, 0.25) is 0 Å². The van der Waals surface area contributed by atoms with Crippen molar-refractivity contribution in [3.05, 3.63) is 64.7 Å². The summed E-state index contributed by atoms with van der Waals surface area (Å²) in [6.45, 7) is 0.598. The molecule has 0 saturated heterocycles. The van der Waals surface area contributed by atoms with Gasteiger partial charge in [-0.1, -0.05) is 41.1 Å². The van der Waals surface area contributed by atoms with Crippen LogP contribution in [0.1, 0.15) is 58.4 Å². The van der Waals surface area contributed by atoms with Crippen LogP contribution in [0.3, 0.4) is 0 Å². The second-order valence-electron chi connectivity index (χ2n) is 7.38. The van der Waals surface area contributed by atoms with Gasteiger partial charge < -0.3 is 9.84 Å². The number of benzene rings is 2. The normalized spacial score (nSPS) is 15.3. The van der Waals surface area contributed by atoms with E-state index in [9.17, 15) is 9.59 Å². The molecular formula is C23H20N2O3. The molecule has 1 amide bonds. The molecule has 2 aromatic carbocycles. The van der Waals surface area contributed by atoms with Gasteiger partial charge in [0, 0.05) is 23.2 Å². The fourth-order valence-corrected chi connectivity index (χ4v) is 4.20. The van der Waals surface area contributed by atoms with Crippen LogP contribution in [0, 0.1) is 0 Å². The molecule has 1 aromatic heterocycles. The summed E-state index contributed by atoms with van der Waals surface area (Å²) in [6, 6.07) is 10.7. The zero-order valence-corrected chi connectivity index (χ0v) is 15.5. The smallest absolute Gasteiger partial charge is 0.253 e. The first kappa shape index (κ1) is 16.9. The molecule has 0 aliphatic heterocycles. The molecule has 0 atom stereocenters. The van der Waals surface area contributed by atoms with Gasteiger partial charge in [-0.2, -0.15) is 0 Å². The molecule has 0 fully saturated rings. The first-order valence-electron chi connectivity index (χ1n) is 9.76. The van der Waals surface area contributed by atoms with Crippen molar-refractivity contribution in [2.45, 2.75) is 32.1 Å². The van der Waals surface area contributed by atoms with Gasteiger partial charge in [0.2, 0.25) is 0 Å². The molecule has 1 heterocycles. The summed E-state index contributed by atoms with van der Waals surface area (Å²) in [5.74, 6) is 0.309. The second-order valence-corrected chi connectivity index (χ2v) is 7.38. The average Bonchev–Trinajstić information content (AvgIpc) is 3.18. The van der Waals surface area contributed by atoms with Gasteiger partial charge in [-0.05, 0) is 44.2 Å². The summed E-state index contributed by atoms with van der Waals surface area (Å²) in [4.78, 5) is 25.6. The fraction of sp³-hybridized carbons (Fsp3) is 0.261. The van der Waals surface area contributed by atoms with E-state index in [4.69, 9.17) is 4.52 Å². The monoisotopic (exact) mass is 372 g/mol. The average molecular weight is 372 g/mol. The summed E-state index contributed by atoms with van der Waals surface area (Å²) in [5, 5.41) is 7.76. The molecule has 5 rings (SSSR count). The van der Waals surface area contributed by atoms with E-state index < -0.39 is 0 Å². The van der Waals surface area contributed by atoms with Crippen LogP contribution >= 0.6 is 0 Å². The summed E-state index contributed by atoms with van der Waals surface area (Å²) >= 11 is 0. The molecule has 5 nitrogen and oxygen atoms in total. The topological polar surface area (TPSA) is 72.2 Å². The van der Waals surface area contributed by atoms with E-state index >= 15 is 0 Å². The number of aromatic nitrogens is 1. The van der Waals surface area contributed by atoms with E-state index in [0.29, 0.717) is 39.9 Å². The quantitative estimate of drug-likeness (QED) is 0.529. The lowest BCUT2D eigenvalue weighted by molar-refractivity contribution is 0.0954. The number of rotatable bonds is 4. The predicted octanol–water partition coefficient (Wildman–Crippen LogP) is 4.66.